The topological polar surface area (TPSA) is 90.7 Å². The van der Waals surface area contributed by atoms with Gasteiger partial charge in [0.05, 0.1) is 11.6 Å². The van der Waals surface area contributed by atoms with Gasteiger partial charge in [-0.1, -0.05) is 25.7 Å². The summed E-state index contributed by atoms with van der Waals surface area (Å²) in [7, 11) is 0. The SMILES string of the molecule is N#Cc1ccc(NC(=O)c2cc(NC3CCCCCC3)ncn2)cc1. The van der Waals surface area contributed by atoms with Crippen molar-refractivity contribution in [2.75, 3.05) is 10.6 Å². The molecule has 1 aliphatic rings. The molecule has 128 valence electrons. The Morgan fingerprint density at radius 1 is 1.08 bits per heavy atom. The molecular weight excluding hydrogens is 314 g/mol. The standard InChI is InChI=1S/C19H21N5O/c20-12-14-7-9-16(10-8-14)24-19(25)17-11-18(22-13-21-17)23-15-5-3-1-2-4-6-15/h7-11,13,15H,1-6H2,(H,24,25)(H,21,22,23). The van der Waals surface area contributed by atoms with Gasteiger partial charge in [-0.25, -0.2) is 9.97 Å². The number of nitrogens with one attached hydrogen (secondary N) is 2. The summed E-state index contributed by atoms with van der Waals surface area (Å²) < 4.78 is 0. The lowest BCUT2D eigenvalue weighted by molar-refractivity contribution is 0.102. The molecule has 0 radical (unpaired) electrons. The van der Waals surface area contributed by atoms with Crippen molar-refractivity contribution < 1.29 is 4.79 Å². The molecule has 0 bridgehead atoms. The lowest BCUT2D eigenvalue weighted by Gasteiger charge is -2.17. The minimum absolute atomic E-state index is 0.295. The maximum atomic E-state index is 12.4. The molecule has 1 amide bonds. The summed E-state index contributed by atoms with van der Waals surface area (Å²) in [6.45, 7) is 0. The van der Waals surface area contributed by atoms with Gasteiger partial charge in [0.25, 0.3) is 5.91 Å². The van der Waals surface area contributed by atoms with Gasteiger partial charge in [-0.2, -0.15) is 5.26 Å². The van der Waals surface area contributed by atoms with Gasteiger partial charge in [-0.15, -0.1) is 0 Å². The van der Waals surface area contributed by atoms with Crippen LogP contribution < -0.4 is 10.6 Å². The maximum Gasteiger partial charge on any atom is 0.274 e. The molecule has 3 rings (SSSR count). The van der Waals surface area contributed by atoms with Crippen LogP contribution in [0.4, 0.5) is 11.5 Å². The normalized spacial score (nSPS) is 15.0. The first-order valence-corrected chi connectivity index (χ1v) is 8.65. The summed E-state index contributed by atoms with van der Waals surface area (Å²) in [6.07, 6.45) is 8.73. The fraction of sp³-hybridized carbons (Fsp3) is 0.368. The zero-order chi connectivity index (χ0) is 17.5. The van der Waals surface area contributed by atoms with Crippen molar-refractivity contribution in [1.82, 2.24) is 9.97 Å². The first-order valence-electron chi connectivity index (χ1n) is 8.65. The minimum atomic E-state index is -0.295. The number of rotatable bonds is 4. The van der Waals surface area contributed by atoms with Crippen LogP contribution in [0, 0.1) is 11.3 Å². The van der Waals surface area contributed by atoms with Gasteiger partial charge in [0.2, 0.25) is 0 Å². The highest BCUT2D eigenvalue weighted by molar-refractivity contribution is 6.03. The number of amides is 1. The van der Waals surface area contributed by atoms with Gasteiger partial charge in [-0.05, 0) is 37.1 Å². The van der Waals surface area contributed by atoms with Crippen LogP contribution in [-0.4, -0.2) is 21.9 Å². The molecule has 6 heteroatoms. The van der Waals surface area contributed by atoms with Crippen molar-refractivity contribution in [3.05, 3.63) is 47.9 Å². The van der Waals surface area contributed by atoms with Gasteiger partial charge in [0.15, 0.2) is 0 Å². The summed E-state index contributed by atoms with van der Waals surface area (Å²) in [5.74, 6) is 0.392. The van der Waals surface area contributed by atoms with E-state index in [2.05, 4.69) is 20.6 Å². The van der Waals surface area contributed by atoms with E-state index in [1.165, 1.54) is 32.0 Å². The Morgan fingerprint density at radius 2 is 1.80 bits per heavy atom. The Morgan fingerprint density at radius 3 is 2.48 bits per heavy atom. The van der Waals surface area contributed by atoms with Crippen LogP contribution in [0.2, 0.25) is 0 Å². The lowest BCUT2D eigenvalue weighted by atomic mass is 10.1. The van der Waals surface area contributed by atoms with Crippen molar-refractivity contribution in [1.29, 1.82) is 5.26 Å². The summed E-state index contributed by atoms with van der Waals surface area (Å²) in [4.78, 5) is 20.7. The van der Waals surface area contributed by atoms with Crippen LogP contribution in [0.1, 0.15) is 54.6 Å². The second kappa shape index (κ2) is 8.25. The molecule has 1 aromatic heterocycles. The number of benzene rings is 1. The van der Waals surface area contributed by atoms with E-state index in [9.17, 15) is 4.79 Å². The van der Waals surface area contributed by atoms with Crippen LogP contribution in [0.15, 0.2) is 36.7 Å². The van der Waals surface area contributed by atoms with Crippen LogP contribution in [0.5, 0.6) is 0 Å². The van der Waals surface area contributed by atoms with E-state index in [-0.39, 0.29) is 5.91 Å². The van der Waals surface area contributed by atoms with Gasteiger partial charge in [-0.3, -0.25) is 4.79 Å². The van der Waals surface area contributed by atoms with Crippen molar-refractivity contribution in [3.8, 4) is 6.07 Å². The third-order valence-electron chi connectivity index (χ3n) is 4.38. The largest absolute Gasteiger partial charge is 0.367 e. The van der Waals surface area contributed by atoms with Gasteiger partial charge in [0, 0.05) is 17.8 Å². The van der Waals surface area contributed by atoms with Gasteiger partial charge < -0.3 is 10.6 Å². The van der Waals surface area contributed by atoms with E-state index in [0.29, 0.717) is 28.8 Å². The van der Waals surface area contributed by atoms with E-state index in [4.69, 9.17) is 5.26 Å². The number of nitriles is 1. The molecule has 0 unspecified atom stereocenters. The molecular formula is C19H21N5O. The fourth-order valence-electron chi connectivity index (χ4n) is 3.02. The molecule has 1 aliphatic carbocycles. The van der Waals surface area contributed by atoms with Gasteiger partial charge >= 0.3 is 0 Å². The number of hydrogen-bond donors (Lipinski definition) is 2. The number of carbonyl (C=O) groups excluding carboxylic acids is 1. The molecule has 0 saturated heterocycles. The molecule has 0 aliphatic heterocycles. The second-order valence-corrected chi connectivity index (χ2v) is 6.26. The molecule has 1 heterocycles. The summed E-state index contributed by atoms with van der Waals surface area (Å²) in [5, 5.41) is 15.0. The third-order valence-corrected chi connectivity index (χ3v) is 4.38. The van der Waals surface area contributed by atoms with Crippen LogP contribution in [0.25, 0.3) is 0 Å². The second-order valence-electron chi connectivity index (χ2n) is 6.26. The Kier molecular flexibility index (Phi) is 5.57. The van der Waals surface area contributed by atoms with Crippen molar-refractivity contribution in [3.63, 3.8) is 0 Å². The van der Waals surface area contributed by atoms with Crippen LogP contribution in [-0.2, 0) is 0 Å². The maximum absolute atomic E-state index is 12.4. The predicted octanol–water partition coefficient (Wildman–Crippen LogP) is 3.74. The number of nitrogens with zero attached hydrogens (tertiary/aromatic N) is 3. The molecule has 2 N–H and O–H groups in total. The smallest absolute Gasteiger partial charge is 0.274 e. The zero-order valence-electron chi connectivity index (χ0n) is 14.0. The quantitative estimate of drug-likeness (QED) is 0.831. The minimum Gasteiger partial charge on any atom is -0.367 e. The summed E-state index contributed by atoms with van der Waals surface area (Å²) >= 11 is 0. The molecule has 0 atom stereocenters. The highest BCUT2D eigenvalue weighted by Crippen LogP contribution is 2.20. The van der Waals surface area contributed by atoms with E-state index < -0.39 is 0 Å². The average molecular weight is 335 g/mol. The van der Waals surface area contributed by atoms with Crippen molar-refractivity contribution in [2.45, 2.75) is 44.6 Å². The van der Waals surface area contributed by atoms with E-state index >= 15 is 0 Å². The zero-order valence-corrected chi connectivity index (χ0v) is 14.0. The average Bonchev–Trinajstić information content (AvgIpc) is 2.91. The van der Waals surface area contributed by atoms with E-state index in [0.717, 1.165) is 12.8 Å². The lowest BCUT2D eigenvalue weighted by Crippen LogP contribution is -2.20. The summed E-state index contributed by atoms with van der Waals surface area (Å²) in [6, 6.07) is 10.9. The fourth-order valence-corrected chi connectivity index (χ4v) is 3.02. The highest BCUT2D eigenvalue weighted by atomic mass is 16.1. The Hall–Kier alpha value is -2.94. The van der Waals surface area contributed by atoms with Gasteiger partial charge in [0.1, 0.15) is 17.8 Å². The number of anilines is 2. The highest BCUT2D eigenvalue weighted by Gasteiger charge is 2.14. The van der Waals surface area contributed by atoms with Crippen LogP contribution in [0.3, 0.4) is 0 Å². The molecule has 1 fully saturated rings. The molecule has 1 aromatic carbocycles. The molecule has 1 saturated carbocycles. The molecule has 6 nitrogen and oxygen atoms in total. The Bertz CT molecular complexity index is 758. The summed E-state index contributed by atoms with van der Waals surface area (Å²) in [5.41, 5.74) is 1.49. The first kappa shape index (κ1) is 16.9. The van der Waals surface area contributed by atoms with E-state index in [1.807, 2.05) is 6.07 Å². The molecule has 25 heavy (non-hydrogen) atoms. The predicted molar refractivity (Wildman–Crippen MR) is 96.3 cm³/mol. The van der Waals surface area contributed by atoms with Crippen molar-refractivity contribution >= 4 is 17.4 Å². The first-order chi connectivity index (χ1) is 12.2. The number of hydrogen-bond acceptors (Lipinski definition) is 5. The number of carbonyl (C=O) groups is 1. The molecule has 2 aromatic rings. The van der Waals surface area contributed by atoms with Crippen LogP contribution >= 0.6 is 0 Å². The molecule has 0 spiro atoms. The van der Waals surface area contributed by atoms with Crippen molar-refractivity contribution in [2.24, 2.45) is 0 Å². The Labute approximate surface area is 147 Å². The Balaban J connectivity index is 1.65. The third kappa shape index (κ3) is 4.77. The van der Waals surface area contributed by atoms with E-state index in [1.54, 1.807) is 30.3 Å². The monoisotopic (exact) mass is 335 g/mol. The number of aromatic nitrogens is 2.